The van der Waals surface area contributed by atoms with E-state index in [9.17, 15) is 9.59 Å². The number of hydrogen-bond acceptors (Lipinski definition) is 6. The summed E-state index contributed by atoms with van der Waals surface area (Å²) >= 11 is 6.37. The Labute approximate surface area is 217 Å². The molecule has 0 saturated carbocycles. The Morgan fingerprint density at radius 1 is 0.973 bits per heavy atom. The summed E-state index contributed by atoms with van der Waals surface area (Å²) in [5.74, 6) is 1.86. The first-order valence-electron chi connectivity index (χ1n) is 11.6. The molecule has 0 aliphatic rings. The average Bonchev–Trinajstić information content (AvgIpc) is 3.35. The lowest BCUT2D eigenvalue weighted by Gasteiger charge is -2.12. The van der Waals surface area contributed by atoms with Crippen LogP contribution in [0.15, 0.2) is 71.5 Å². The van der Waals surface area contributed by atoms with Crippen molar-refractivity contribution < 1.29 is 14.3 Å². The number of methoxy groups -OCH3 is 2. The van der Waals surface area contributed by atoms with E-state index in [0.29, 0.717) is 51.1 Å². The first-order valence-corrected chi connectivity index (χ1v) is 12.0. The van der Waals surface area contributed by atoms with Crippen molar-refractivity contribution in [2.24, 2.45) is 0 Å². The summed E-state index contributed by atoms with van der Waals surface area (Å²) in [4.78, 5) is 26.1. The number of anilines is 1. The number of rotatable bonds is 8. The second-order valence-corrected chi connectivity index (χ2v) is 8.78. The van der Waals surface area contributed by atoms with Crippen molar-refractivity contribution in [3.8, 4) is 11.5 Å². The monoisotopic (exact) mass is 517 g/mol. The fourth-order valence-corrected chi connectivity index (χ4v) is 4.47. The van der Waals surface area contributed by atoms with E-state index in [1.807, 2.05) is 40.8 Å². The van der Waals surface area contributed by atoms with Gasteiger partial charge in [-0.3, -0.25) is 18.6 Å². The van der Waals surface area contributed by atoms with Crippen molar-refractivity contribution in [2.75, 3.05) is 19.5 Å². The molecule has 2 aromatic heterocycles. The summed E-state index contributed by atoms with van der Waals surface area (Å²) in [5, 5.41) is 12.6. The summed E-state index contributed by atoms with van der Waals surface area (Å²) < 4.78 is 13.9. The Morgan fingerprint density at radius 3 is 2.51 bits per heavy atom. The molecule has 0 fully saturated rings. The molecule has 10 heteroatoms. The van der Waals surface area contributed by atoms with Gasteiger partial charge in [0.15, 0.2) is 11.5 Å². The highest BCUT2D eigenvalue weighted by Gasteiger charge is 2.18. The van der Waals surface area contributed by atoms with Crippen LogP contribution in [-0.2, 0) is 17.8 Å². The highest BCUT2D eigenvalue weighted by Crippen LogP contribution is 2.29. The van der Waals surface area contributed by atoms with Gasteiger partial charge in [0.1, 0.15) is 5.82 Å². The van der Waals surface area contributed by atoms with E-state index < -0.39 is 0 Å². The number of halogens is 1. The number of carbonyl (C=O) groups is 1. The van der Waals surface area contributed by atoms with Gasteiger partial charge in [-0.1, -0.05) is 41.9 Å². The Hall–Kier alpha value is -4.37. The lowest BCUT2D eigenvalue weighted by molar-refractivity contribution is -0.116. The average molecular weight is 518 g/mol. The summed E-state index contributed by atoms with van der Waals surface area (Å²) in [7, 11) is 3.09. The van der Waals surface area contributed by atoms with Gasteiger partial charge >= 0.3 is 0 Å². The lowest BCUT2D eigenvalue weighted by atomic mass is 10.2. The lowest BCUT2D eigenvalue weighted by Crippen LogP contribution is -2.24. The zero-order chi connectivity index (χ0) is 25.9. The topological polar surface area (TPSA) is 99.7 Å². The van der Waals surface area contributed by atoms with Gasteiger partial charge in [-0.2, -0.15) is 0 Å². The van der Waals surface area contributed by atoms with Crippen LogP contribution >= 0.6 is 11.6 Å². The van der Waals surface area contributed by atoms with E-state index in [1.165, 1.54) is 7.11 Å². The molecule has 37 heavy (non-hydrogen) atoms. The maximum absolute atomic E-state index is 13.4. The Kier molecular flexibility index (Phi) is 6.78. The number of hydrogen-bond donors (Lipinski definition) is 1. The van der Waals surface area contributed by atoms with Crippen molar-refractivity contribution in [1.29, 1.82) is 0 Å². The number of para-hydroxylation sites is 1. The fourth-order valence-electron chi connectivity index (χ4n) is 4.28. The van der Waals surface area contributed by atoms with Gasteiger partial charge < -0.3 is 14.8 Å². The van der Waals surface area contributed by atoms with Gasteiger partial charge in [0.05, 0.1) is 31.7 Å². The van der Waals surface area contributed by atoms with Gasteiger partial charge in [-0.05, 0) is 35.9 Å². The molecule has 5 rings (SSSR count). The molecular formula is C27H24ClN5O4. The minimum atomic E-state index is -0.197. The van der Waals surface area contributed by atoms with Gasteiger partial charge in [0.2, 0.25) is 11.7 Å². The number of benzene rings is 3. The standard InChI is InChI=1S/C27H24ClN5O4/c1-36-22-12-11-18(15-23(22)37-2)29-25(34)14-13-24-30-31-27-32(16-17-7-3-5-9-20(17)28)26(35)19-8-4-6-10-21(19)33(24)27/h3-12,15H,13-14,16H2,1-2H3,(H,29,34). The van der Waals surface area contributed by atoms with Crippen LogP contribution in [0.4, 0.5) is 5.69 Å². The Morgan fingerprint density at radius 2 is 1.73 bits per heavy atom. The van der Waals surface area contributed by atoms with Crippen molar-refractivity contribution in [2.45, 2.75) is 19.4 Å². The van der Waals surface area contributed by atoms with E-state index in [-0.39, 0.29) is 24.4 Å². The van der Waals surface area contributed by atoms with Crippen molar-refractivity contribution in [1.82, 2.24) is 19.2 Å². The summed E-state index contributed by atoms with van der Waals surface area (Å²) in [6, 6.07) is 19.8. The van der Waals surface area contributed by atoms with Crippen LogP contribution in [0.3, 0.4) is 0 Å². The molecule has 9 nitrogen and oxygen atoms in total. The van der Waals surface area contributed by atoms with Crippen LogP contribution in [0.5, 0.6) is 11.5 Å². The molecule has 188 valence electrons. The van der Waals surface area contributed by atoms with E-state index in [4.69, 9.17) is 21.1 Å². The van der Waals surface area contributed by atoms with E-state index in [0.717, 1.165) is 5.56 Å². The molecule has 2 heterocycles. The predicted octanol–water partition coefficient (Wildman–Crippen LogP) is 4.33. The van der Waals surface area contributed by atoms with Crippen LogP contribution in [0, 0.1) is 0 Å². The molecule has 1 N–H and O–H groups in total. The zero-order valence-electron chi connectivity index (χ0n) is 20.3. The molecule has 5 aromatic rings. The summed E-state index contributed by atoms with van der Waals surface area (Å²) in [5.41, 5.74) is 1.88. The number of aryl methyl sites for hydroxylation is 1. The van der Waals surface area contributed by atoms with Crippen LogP contribution in [-0.4, -0.2) is 39.3 Å². The molecular weight excluding hydrogens is 494 g/mol. The normalized spacial score (nSPS) is 11.1. The molecule has 0 aliphatic carbocycles. The minimum absolute atomic E-state index is 0.160. The van der Waals surface area contributed by atoms with Gasteiger partial charge in [0, 0.05) is 29.6 Å². The number of ether oxygens (including phenoxy) is 2. The van der Waals surface area contributed by atoms with Crippen LogP contribution < -0.4 is 20.3 Å². The van der Waals surface area contributed by atoms with E-state index in [1.54, 1.807) is 42.0 Å². The number of carbonyl (C=O) groups excluding carboxylic acids is 1. The molecule has 3 aromatic carbocycles. The summed E-state index contributed by atoms with van der Waals surface area (Å²) in [6.45, 7) is 0.241. The largest absolute Gasteiger partial charge is 0.493 e. The number of aromatic nitrogens is 4. The maximum atomic E-state index is 13.4. The van der Waals surface area contributed by atoms with E-state index >= 15 is 0 Å². The molecule has 1 amide bonds. The van der Waals surface area contributed by atoms with Gasteiger partial charge in [-0.25, -0.2) is 0 Å². The van der Waals surface area contributed by atoms with E-state index in [2.05, 4.69) is 15.5 Å². The van der Waals surface area contributed by atoms with Crippen LogP contribution in [0.25, 0.3) is 16.7 Å². The molecule has 0 saturated heterocycles. The quantitative estimate of drug-likeness (QED) is 0.329. The van der Waals surface area contributed by atoms with Gasteiger partial charge in [-0.15, -0.1) is 10.2 Å². The smallest absolute Gasteiger partial charge is 0.263 e. The maximum Gasteiger partial charge on any atom is 0.263 e. The third-order valence-electron chi connectivity index (χ3n) is 6.10. The Balaban J connectivity index is 1.46. The first-order chi connectivity index (χ1) is 18.0. The number of fused-ring (bicyclic) bond motifs is 3. The second kappa shape index (κ2) is 10.3. The van der Waals surface area contributed by atoms with Crippen molar-refractivity contribution in [3.63, 3.8) is 0 Å². The molecule has 0 atom stereocenters. The van der Waals surface area contributed by atoms with Gasteiger partial charge in [0.25, 0.3) is 5.56 Å². The van der Waals surface area contributed by atoms with Crippen molar-refractivity contribution in [3.05, 3.63) is 93.5 Å². The third kappa shape index (κ3) is 4.73. The van der Waals surface area contributed by atoms with Crippen LogP contribution in [0.2, 0.25) is 5.02 Å². The third-order valence-corrected chi connectivity index (χ3v) is 6.47. The highest BCUT2D eigenvalue weighted by molar-refractivity contribution is 6.31. The number of nitrogens with one attached hydrogen (secondary N) is 1. The SMILES string of the molecule is COc1ccc(NC(=O)CCc2nnc3n(Cc4ccccc4Cl)c(=O)c4ccccc4n23)cc1OC. The first kappa shape index (κ1) is 24.3. The fraction of sp³-hybridized carbons (Fsp3) is 0.185. The Bertz CT molecular complexity index is 1680. The molecule has 0 unspecified atom stereocenters. The number of nitrogens with zero attached hydrogens (tertiary/aromatic N) is 4. The molecule has 0 spiro atoms. The van der Waals surface area contributed by atoms with Crippen molar-refractivity contribution >= 4 is 39.9 Å². The minimum Gasteiger partial charge on any atom is -0.493 e. The van der Waals surface area contributed by atoms with Crippen LogP contribution in [0.1, 0.15) is 17.8 Å². The highest BCUT2D eigenvalue weighted by atomic mass is 35.5. The number of amides is 1. The zero-order valence-corrected chi connectivity index (χ0v) is 21.0. The molecule has 0 aliphatic heterocycles. The molecule has 0 bridgehead atoms. The molecule has 0 radical (unpaired) electrons. The summed E-state index contributed by atoms with van der Waals surface area (Å²) in [6.07, 6.45) is 0.474. The predicted molar refractivity (Wildman–Crippen MR) is 142 cm³/mol. The second-order valence-electron chi connectivity index (χ2n) is 8.37.